The van der Waals surface area contributed by atoms with Gasteiger partial charge in [0.05, 0.1) is 0 Å². The summed E-state index contributed by atoms with van der Waals surface area (Å²) in [4.78, 5) is 16.5. The van der Waals surface area contributed by atoms with Crippen LogP contribution < -0.4 is 0 Å². The van der Waals surface area contributed by atoms with E-state index in [1.54, 1.807) is 30.4 Å². The van der Waals surface area contributed by atoms with Crippen molar-refractivity contribution >= 4 is 81.4 Å². The van der Waals surface area contributed by atoms with Crippen LogP contribution in [0.25, 0.3) is 0 Å². The topological polar surface area (TPSA) is 41.9 Å². The minimum Gasteiger partial charge on any atom is -0.296 e. The third kappa shape index (κ3) is 6.86. The maximum atomic E-state index is 11.7. The van der Waals surface area contributed by atoms with Crippen molar-refractivity contribution < 1.29 is 9.63 Å². The molecule has 0 aromatic rings. The highest BCUT2D eigenvalue weighted by Gasteiger charge is 2.28. The Bertz CT molecular complexity index is 317. The van der Waals surface area contributed by atoms with Crippen molar-refractivity contribution in [2.24, 2.45) is 5.16 Å². The Morgan fingerprint density at radius 1 is 1.56 bits per heavy atom. The molecular weight excluding hydrogens is 359 g/mol. The smallest absolute Gasteiger partial charge is 0.296 e. The molecule has 18 heavy (non-hydrogen) atoms. The predicted octanol–water partition coefficient (Wildman–Crippen LogP) is 4.21. The number of hydrogen-bond donors (Lipinski definition) is 0. The van der Waals surface area contributed by atoms with Gasteiger partial charge in [-0.1, -0.05) is 40.0 Å². The summed E-state index contributed by atoms with van der Waals surface area (Å²) in [6, 6.07) is 0. The fourth-order valence-corrected chi connectivity index (χ4v) is 4.29. The fourth-order valence-electron chi connectivity index (χ4n) is 0.964. The molecule has 10 heteroatoms. The van der Waals surface area contributed by atoms with Crippen LogP contribution in [0.3, 0.4) is 0 Å². The SMILES string of the molecule is CCN(SC(Cl)(Cl)Cl)C(=O)ON=C1CSCCS1. The molecule has 0 aromatic carbocycles. The van der Waals surface area contributed by atoms with Crippen LogP contribution in [0.15, 0.2) is 5.16 Å². The average molecular weight is 370 g/mol. The first kappa shape index (κ1) is 16.9. The molecule has 1 aliphatic rings. The van der Waals surface area contributed by atoms with Crippen molar-refractivity contribution in [3.8, 4) is 0 Å². The second kappa shape index (κ2) is 8.21. The molecule has 1 fully saturated rings. The first-order valence-corrected chi connectivity index (χ1v) is 8.99. The average Bonchev–Trinajstić information content (AvgIpc) is 2.33. The number of oxime groups is 1. The van der Waals surface area contributed by atoms with Crippen LogP contribution in [0.1, 0.15) is 6.92 Å². The lowest BCUT2D eigenvalue weighted by Gasteiger charge is -2.21. The van der Waals surface area contributed by atoms with E-state index in [0.717, 1.165) is 34.3 Å². The minimum absolute atomic E-state index is 0.351. The summed E-state index contributed by atoms with van der Waals surface area (Å²) in [6.07, 6.45) is -0.641. The fraction of sp³-hybridized carbons (Fsp3) is 0.750. The number of carbonyl (C=O) groups is 1. The lowest BCUT2D eigenvalue weighted by atomic mass is 10.8. The molecule has 1 heterocycles. The molecule has 0 atom stereocenters. The van der Waals surface area contributed by atoms with E-state index >= 15 is 0 Å². The van der Waals surface area contributed by atoms with Gasteiger partial charge in [0, 0.05) is 35.8 Å². The maximum absolute atomic E-state index is 11.7. The molecule has 0 saturated carbocycles. The van der Waals surface area contributed by atoms with Gasteiger partial charge < -0.3 is 0 Å². The zero-order chi connectivity index (χ0) is 13.6. The monoisotopic (exact) mass is 368 g/mol. The Balaban J connectivity index is 2.46. The van der Waals surface area contributed by atoms with Crippen molar-refractivity contribution in [3.63, 3.8) is 0 Å². The van der Waals surface area contributed by atoms with Crippen LogP contribution in [-0.2, 0) is 4.84 Å². The summed E-state index contributed by atoms with van der Waals surface area (Å²) in [5, 5.41) is 4.61. The number of carbonyl (C=O) groups excluding carboxylic acids is 1. The molecule has 1 saturated heterocycles. The Morgan fingerprint density at radius 2 is 2.28 bits per heavy atom. The maximum Gasteiger partial charge on any atom is 0.446 e. The number of alkyl halides is 3. The lowest BCUT2D eigenvalue weighted by Crippen LogP contribution is -2.27. The quantitative estimate of drug-likeness (QED) is 0.322. The number of hydrogen-bond acceptors (Lipinski definition) is 6. The van der Waals surface area contributed by atoms with Crippen LogP contribution in [-0.4, -0.2) is 42.4 Å². The van der Waals surface area contributed by atoms with Crippen molar-refractivity contribution in [1.29, 1.82) is 0 Å². The highest BCUT2D eigenvalue weighted by Crippen LogP contribution is 2.41. The molecule has 4 nitrogen and oxygen atoms in total. The van der Waals surface area contributed by atoms with Crippen molar-refractivity contribution in [2.75, 3.05) is 23.8 Å². The van der Waals surface area contributed by atoms with E-state index < -0.39 is 9.22 Å². The third-order valence-electron chi connectivity index (χ3n) is 1.65. The number of nitrogens with zero attached hydrogens (tertiary/aromatic N) is 2. The first-order valence-electron chi connectivity index (χ1n) is 4.94. The minimum atomic E-state index is -1.60. The predicted molar refractivity (Wildman–Crippen MR) is 84.0 cm³/mol. The van der Waals surface area contributed by atoms with E-state index in [9.17, 15) is 4.79 Å². The molecule has 0 N–H and O–H groups in total. The Kier molecular flexibility index (Phi) is 7.72. The number of rotatable bonds is 3. The van der Waals surface area contributed by atoms with Crippen molar-refractivity contribution in [2.45, 2.75) is 10.0 Å². The second-order valence-electron chi connectivity index (χ2n) is 2.98. The molecule has 0 radical (unpaired) electrons. The molecule has 1 rings (SSSR count). The van der Waals surface area contributed by atoms with E-state index in [-0.39, 0.29) is 0 Å². The largest absolute Gasteiger partial charge is 0.446 e. The zero-order valence-corrected chi connectivity index (χ0v) is 14.1. The highest BCUT2D eigenvalue weighted by atomic mass is 35.6. The van der Waals surface area contributed by atoms with E-state index in [2.05, 4.69) is 5.16 Å². The first-order chi connectivity index (χ1) is 8.42. The Labute approximate surface area is 134 Å². The number of halogens is 3. The van der Waals surface area contributed by atoms with Gasteiger partial charge in [-0.2, -0.15) is 11.8 Å². The summed E-state index contributed by atoms with van der Waals surface area (Å²) >= 11 is 20.9. The van der Waals surface area contributed by atoms with E-state index in [1.807, 2.05) is 0 Å². The molecule has 0 aromatic heterocycles. The van der Waals surface area contributed by atoms with Crippen LogP contribution in [0.4, 0.5) is 4.79 Å². The van der Waals surface area contributed by atoms with E-state index in [0.29, 0.717) is 6.54 Å². The standard InChI is InChI=1S/C8H11Cl3N2O2S3/c1-2-13(18-8(9,10)11)7(14)15-12-6-5-16-3-4-17-6/h2-5H2,1H3. The van der Waals surface area contributed by atoms with Gasteiger partial charge in [0.2, 0.25) is 0 Å². The Hall–Kier alpha value is 0.860. The lowest BCUT2D eigenvalue weighted by molar-refractivity contribution is 0.133. The van der Waals surface area contributed by atoms with Gasteiger partial charge in [-0.05, 0) is 6.92 Å². The third-order valence-corrected chi connectivity index (χ3v) is 5.48. The summed E-state index contributed by atoms with van der Waals surface area (Å²) in [7, 11) is 0. The molecule has 1 amide bonds. The van der Waals surface area contributed by atoms with Gasteiger partial charge >= 0.3 is 6.09 Å². The zero-order valence-electron chi connectivity index (χ0n) is 9.40. The van der Waals surface area contributed by atoms with Crippen molar-refractivity contribution in [1.82, 2.24) is 4.31 Å². The molecule has 1 aliphatic heterocycles. The number of thioether (sulfide) groups is 2. The molecule has 0 aliphatic carbocycles. The van der Waals surface area contributed by atoms with Gasteiger partial charge in [-0.15, -0.1) is 11.8 Å². The van der Waals surface area contributed by atoms with Gasteiger partial charge in [0.15, 0.2) is 0 Å². The van der Waals surface area contributed by atoms with E-state index in [4.69, 9.17) is 39.6 Å². The molecule has 104 valence electrons. The molecule has 0 bridgehead atoms. The van der Waals surface area contributed by atoms with Crippen LogP contribution in [0, 0.1) is 0 Å². The van der Waals surface area contributed by atoms with Crippen LogP contribution in [0.2, 0.25) is 0 Å². The normalized spacial score (nSPS) is 18.8. The summed E-state index contributed by atoms with van der Waals surface area (Å²) in [5.41, 5.74) is 0. The van der Waals surface area contributed by atoms with Crippen LogP contribution >= 0.6 is 70.3 Å². The van der Waals surface area contributed by atoms with E-state index in [1.165, 1.54) is 4.31 Å². The summed E-state index contributed by atoms with van der Waals surface area (Å²) < 4.78 is -0.394. The van der Waals surface area contributed by atoms with Gasteiger partial charge in [-0.3, -0.25) is 4.84 Å². The van der Waals surface area contributed by atoms with Gasteiger partial charge in [0.1, 0.15) is 5.04 Å². The molecule has 0 unspecified atom stereocenters. The highest BCUT2D eigenvalue weighted by molar-refractivity contribution is 8.18. The molecule has 0 spiro atoms. The number of amides is 1. The van der Waals surface area contributed by atoms with Gasteiger partial charge in [0.25, 0.3) is 3.12 Å². The summed E-state index contributed by atoms with van der Waals surface area (Å²) in [5.74, 6) is 2.82. The molecular formula is C8H11Cl3N2O2S3. The van der Waals surface area contributed by atoms with Gasteiger partial charge in [-0.25, -0.2) is 9.10 Å². The van der Waals surface area contributed by atoms with Crippen LogP contribution in [0.5, 0.6) is 0 Å². The second-order valence-corrected chi connectivity index (χ2v) is 9.44. The Morgan fingerprint density at radius 3 is 2.78 bits per heavy atom. The summed E-state index contributed by atoms with van der Waals surface area (Å²) in [6.45, 7) is 2.10. The van der Waals surface area contributed by atoms with Crippen molar-refractivity contribution in [3.05, 3.63) is 0 Å².